The Bertz CT molecular complexity index is 207. The van der Waals surface area contributed by atoms with Crippen molar-refractivity contribution < 1.29 is 4.74 Å². The molecule has 0 heterocycles. The fourth-order valence-electron chi connectivity index (χ4n) is 3.14. The van der Waals surface area contributed by atoms with Gasteiger partial charge in [0, 0.05) is 12.6 Å². The molecule has 0 aromatic rings. The minimum Gasteiger partial charge on any atom is -0.378 e. The SMILES string of the molecule is CCCNC(C)CCCCOC1CCCCC1CC. The molecule has 1 fully saturated rings. The molecule has 0 spiro atoms. The molecule has 1 aliphatic rings. The van der Waals surface area contributed by atoms with Crippen LogP contribution in [0.15, 0.2) is 0 Å². The summed E-state index contributed by atoms with van der Waals surface area (Å²) in [5.74, 6) is 0.832. The number of ether oxygens (including phenoxy) is 1. The Morgan fingerprint density at radius 2 is 1.95 bits per heavy atom. The van der Waals surface area contributed by atoms with Crippen molar-refractivity contribution in [1.29, 1.82) is 0 Å². The second-order valence-corrected chi connectivity index (χ2v) is 6.21. The lowest BCUT2D eigenvalue weighted by Crippen LogP contribution is -2.28. The number of unbranched alkanes of at least 4 members (excludes halogenated alkanes) is 1. The minimum atomic E-state index is 0.564. The molecule has 3 unspecified atom stereocenters. The summed E-state index contributed by atoms with van der Waals surface area (Å²) in [4.78, 5) is 0. The molecule has 2 nitrogen and oxygen atoms in total. The Morgan fingerprint density at radius 3 is 2.68 bits per heavy atom. The summed E-state index contributed by atoms with van der Waals surface area (Å²) in [6, 6.07) is 0.665. The van der Waals surface area contributed by atoms with Gasteiger partial charge in [-0.05, 0) is 57.9 Å². The molecule has 2 heteroatoms. The van der Waals surface area contributed by atoms with E-state index in [1.54, 1.807) is 0 Å². The van der Waals surface area contributed by atoms with Gasteiger partial charge in [0.25, 0.3) is 0 Å². The van der Waals surface area contributed by atoms with Crippen LogP contribution in [0.5, 0.6) is 0 Å². The van der Waals surface area contributed by atoms with Crippen LogP contribution < -0.4 is 5.32 Å². The third kappa shape index (κ3) is 7.31. The van der Waals surface area contributed by atoms with E-state index in [9.17, 15) is 0 Å². The lowest BCUT2D eigenvalue weighted by Gasteiger charge is -2.30. The lowest BCUT2D eigenvalue weighted by atomic mass is 9.85. The highest BCUT2D eigenvalue weighted by atomic mass is 16.5. The Kier molecular flexibility index (Phi) is 9.54. The van der Waals surface area contributed by atoms with Crippen LogP contribution in [-0.2, 0) is 4.74 Å². The summed E-state index contributed by atoms with van der Waals surface area (Å²) in [5, 5.41) is 3.55. The van der Waals surface area contributed by atoms with E-state index < -0.39 is 0 Å². The summed E-state index contributed by atoms with van der Waals surface area (Å²) in [5.41, 5.74) is 0. The first-order valence-electron chi connectivity index (χ1n) is 8.62. The molecule has 0 saturated heterocycles. The topological polar surface area (TPSA) is 21.3 Å². The van der Waals surface area contributed by atoms with Crippen LogP contribution in [0, 0.1) is 5.92 Å². The molecule has 3 atom stereocenters. The average molecular weight is 269 g/mol. The van der Waals surface area contributed by atoms with Crippen molar-refractivity contribution in [2.24, 2.45) is 5.92 Å². The Labute approximate surface area is 120 Å². The van der Waals surface area contributed by atoms with Gasteiger partial charge in [0.2, 0.25) is 0 Å². The van der Waals surface area contributed by atoms with E-state index in [2.05, 4.69) is 26.1 Å². The van der Waals surface area contributed by atoms with Gasteiger partial charge in [-0.2, -0.15) is 0 Å². The van der Waals surface area contributed by atoms with Gasteiger partial charge in [0.15, 0.2) is 0 Å². The van der Waals surface area contributed by atoms with Crippen molar-refractivity contribution in [2.75, 3.05) is 13.2 Å². The predicted molar refractivity (Wildman–Crippen MR) is 83.6 cm³/mol. The van der Waals surface area contributed by atoms with E-state index in [0.29, 0.717) is 12.1 Å². The normalized spacial score (nSPS) is 25.4. The van der Waals surface area contributed by atoms with Crippen LogP contribution >= 0.6 is 0 Å². The smallest absolute Gasteiger partial charge is 0.0603 e. The van der Waals surface area contributed by atoms with E-state index in [1.807, 2.05) is 0 Å². The predicted octanol–water partition coefficient (Wildman–Crippen LogP) is 4.53. The molecule has 114 valence electrons. The largest absolute Gasteiger partial charge is 0.378 e. The highest BCUT2D eigenvalue weighted by Crippen LogP contribution is 2.29. The maximum Gasteiger partial charge on any atom is 0.0603 e. The zero-order valence-electron chi connectivity index (χ0n) is 13.4. The van der Waals surface area contributed by atoms with Gasteiger partial charge in [-0.3, -0.25) is 0 Å². The quantitative estimate of drug-likeness (QED) is 0.588. The van der Waals surface area contributed by atoms with Crippen molar-refractivity contribution in [3.63, 3.8) is 0 Å². The summed E-state index contributed by atoms with van der Waals surface area (Å²) in [6.07, 6.45) is 12.4. The van der Waals surface area contributed by atoms with E-state index >= 15 is 0 Å². The molecule has 0 amide bonds. The summed E-state index contributed by atoms with van der Waals surface area (Å²) >= 11 is 0. The first-order valence-corrected chi connectivity index (χ1v) is 8.62. The van der Waals surface area contributed by atoms with Gasteiger partial charge < -0.3 is 10.1 Å². The molecule has 19 heavy (non-hydrogen) atoms. The molecule has 0 bridgehead atoms. The van der Waals surface area contributed by atoms with E-state index in [-0.39, 0.29) is 0 Å². The molecular formula is C17H35NO. The van der Waals surface area contributed by atoms with Gasteiger partial charge in [0.1, 0.15) is 0 Å². The van der Waals surface area contributed by atoms with Crippen LogP contribution in [0.1, 0.15) is 78.6 Å². The van der Waals surface area contributed by atoms with Crippen molar-refractivity contribution in [3.8, 4) is 0 Å². The molecule has 1 aliphatic carbocycles. The third-order valence-electron chi connectivity index (χ3n) is 4.47. The van der Waals surface area contributed by atoms with Gasteiger partial charge in [-0.25, -0.2) is 0 Å². The lowest BCUT2D eigenvalue weighted by molar-refractivity contribution is -0.0136. The van der Waals surface area contributed by atoms with Gasteiger partial charge in [-0.1, -0.05) is 33.1 Å². The first kappa shape index (κ1) is 17.0. The highest BCUT2D eigenvalue weighted by Gasteiger charge is 2.23. The van der Waals surface area contributed by atoms with Crippen LogP contribution in [-0.4, -0.2) is 25.3 Å². The molecule has 0 aliphatic heterocycles. The Morgan fingerprint density at radius 1 is 1.16 bits per heavy atom. The fourth-order valence-corrected chi connectivity index (χ4v) is 3.14. The molecule has 1 saturated carbocycles. The second kappa shape index (κ2) is 10.7. The zero-order chi connectivity index (χ0) is 13.9. The number of nitrogens with one attached hydrogen (secondary N) is 1. The van der Waals surface area contributed by atoms with E-state index in [0.717, 1.165) is 19.1 Å². The summed E-state index contributed by atoms with van der Waals surface area (Å²) in [6.45, 7) is 8.96. The van der Waals surface area contributed by atoms with Crippen LogP contribution in [0.4, 0.5) is 0 Å². The van der Waals surface area contributed by atoms with Crippen molar-refractivity contribution in [2.45, 2.75) is 90.7 Å². The summed E-state index contributed by atoms with van der Waals surface area (Å²) in [7, 11) is 0. The Hall–Kier alpha value is -0.0800. The van der Waals surface area contributed by atoms with Gasteiger partial charge in [0.05, 0.1) is 6.10 Å². The second-order valence-electron chi connectivity index (χ2n) is 6.21. The van der Waals surface area contributed by atoms with Gasteiger partial charge in [-0.15, -0.1) is 0 Å². The van der Waals surface area contributed by atoms with E-state index in [1.165, 1.54) is 57.8 Å². The first-order chi connectivity index (χ1) is 9.27. The van der Waals surface area contributed by atoms with E-state index in [4.69, 9.17) is 4.74 Å². The zero-order valence-corrected chi connectivity index (χ0v) is 13.4. The van der Waals surface area contributed by atoms with Crippen molar-refractivity contribution >= 4 is 0 Å². The Balaban J connectivity index is 2.00. The third-order valence-corrected chi connectivity index (χ3v) is 4.47. The molecule has 0 aromatic heterocycles. The molecule has 1 rings (SSSR count). The maximum atomic E-state index is 6.13. The molecule has 1 N–H and O–H groups in total. The van der Waals surface area contributed by atoms with Crippen LogP contribution in [0.3, 0.4) is 0 Å². The average Bonchev–Trinajstić information content (AvgIpc) is 2.45. The summed E-state index contributed by atoms with van der Waals surface area (Å²) < 4.78 is 6.13. The molecule has 0 aromatic carbocycles. The molecule has 0 radical (unpaired) electrons. The van der Waals surface area contributed by atoms with Crippen molar-refractivity contribution in [1.82, 2.24) is 5.32 Å². The number of hydrogen-bond donors (Lipinski definition) is 1. The van der Waals surface area contributed by atoms with Crippen LogP contribution in [0.2, 0.25) is 0 Å². The monoisotopic (exact) mass is 269 g/mol. The maximum absolute atomic E-state index is 6.13. The highest BCUT2D eigenvalue weighted by molar-refractivity contribution is 4.74. The fraction of sp³-hybridized carbons (Fsp3) is 1.00. The minimum absolute atomic E-state index is 0.564. The number of hydrogen-bond acceptors (Lipinski definition) is 2. The van der Waals surface area contributed by atoms with Crippen molar-refractivity contribution in [3.05, 3.63) is 0 Å². The van der Waals surface area contributed by atoms with Gasteiger partial charge >= 0.3 is 0 Å². The standard InChI is InChI=1S/C17H35NO/c1-4-13-18-15(3)10-8-9-14-19-17-12-7-6-11-16(17)5-2/h15-18H,4-14H2,1-3H3. The van der Waals surface area contributed by atoms with Crippen LogP contribution in [0.25, 0.3) is 0 Å². The molecular weight excluding hydrogens is 234 g/mol. The number of rotatable bonds is 10.